The van der Waals surface area contributed by atoms with Crippen molar-refractivity contribution in [3.05, 3.63) is 48.3 Å². The van der Waals surface area contributed by atoms with Crippen molar-refractivity contribution in [2.75, 3.05) is 18.9 Å². The van der Waals surface area contributed by atoms with Gasteiger partial charge in [0.05, 0.1) is 24.8 Å². The van der Waals surface area contributed by atoms with Crippen LogP contribution < -0.4 is 14.2 Å². The van der Waals surface area contributed by atoms with E-state index >= 15 is 0 Å². The van der Waals surface area contributed by atoms with Gasteiger partial charge in [0.2, 0.25) is 0 Å². The standard InChI is InChI=1S/C14H14FNO4S/c1-19-13-8-7-10(9-11(13)15)21(17,18)16-12-5-3-4-6-14(12)20-2/h3-9,16H,1-2H3. The largest absolute Gasteiger partial charge is 0.495 e. The zero-order valence-electron chi connectivity index (χ0n) is 11.5. The summed E-state index contributed by atoms with van der Waals surface area (Å²) in [6, 6.07) is 9.96. The van der Waals surface area contributed by atoms with Crippen LogP contribution in [-0.2, 0) is 10.0 Å². The van der Waals surface area contributed by atoms with E-state index in [4.69, 9.17) is 9.47 Å². The quantitative estimate of drug-likeness (QED) is 0.922. The van der Waals surface area contributed by atoms with Crippen LogP contribution in [0.1, 0.15) is 0 Å². The molecule has 0 saturated heterocycles. The summed E-state index contributed by atoms with van der Waals surface area (Å²) < 4.78 is 50.3. The Labute approximate surface area is 122 Å². The van der Waals surface area contributed by atoms with Gasteiger partial charge in [0.1, 0.15) is 5.75 Å². The minimum absolute atomic E-state index is 0.0220. The molecule has 0 spiro atoms. The van der Waals surface area contributed by atoms with Crippen LogP contribution in [0.25, 0.3) is 0 Å². The number of sulfonamides is 1. The molecule has 2 aromatic rings. The van der Waals surface area contributed by atoms with Gasteiger partial charge < -0.3 is 9.47 Å². The molecule has 2 aromatic carbocycles. The smallest absolute Gasteiger partial charge is 0.262 e. The Bertz CT molecular complexity index is 746. The number of halogens is 1. The fourth-order valence-electron chi connectivity index (χ4n) is 1.75. The lowest BCUT2D eigenvalue weighted by Crippen LogP contribution is -2.14. The van der Waals surface area contributed by atoms with E-state index in [0.29, 0.717) is 5.75 Å². The number of hydrogen-bond donors (Lipinski definition) is 1. The average Bonchev–Trinajstić information content (AvgIpc) is 2.47. The van der Waals surface area contributed by atoms with E-state index in [1.54, 1.807) is 24.3 Å². The minimum atomic E-state index is -3.92. The van der Waals surface area contributed by atoms with Crippen molar-refractivity contribution in [2.45, 2.75) is 4.90 Å². The fourth-order valence-corrected chi connectivity index (χ4v) is 2.83. The third-order valence-corrected chi connectivity index (χ3v) is 4.15. The molecule has 0 aliphatic rings. The lowest BCUT2D eigenvalue weighted by Gasteiger charge is -2.12. The molecule has 0 amide bonds. The summed E-state index contributed by atoms with van der Waals surface area (Å²) in [5.74, 6) is -0.401. The van der Waals surface area contributed by atoms with Crippen molar-refractivity contribution in [1.29, 1.82) is 0 Å². The Kier molecular flexibility index (Phi) is 4.32. The normalized spacial score (nSPS) is 11.0. The minimum Gasteiger partial charge on any atom is -0.495 e. The van der Waals surface area contributed by atoms with Crippen molar-refractivity contribution in [3.63, 3.8) is 0 Å². The average molecular weight is 311 g/mol. The monoisotopic (exact) mass is 311 g/mol. The molecule has 0 bridgehead atoms. The molecule has 2 rings (SSSR count). The maximum Gasteiger partial charge on any atom is 0.262 e. The second-order valence-electron chi connectivity index (χ2n) is 4.10. The summed E-state index contributed by atoms with van der Waals surface area (Å²) >= 11 is 0. The summed E-state index contributed by atoms with van der Waals surface area (Å²) in [6.07, 6.45) is 0. The molecule has 7 heteroatoms. The highest BCUT2D eigenvalue weighted by atomic mass is 32.2. The third kappa shape index (κ3) is 3.25. The van der Waals surface area contributed by atoms with Crippen LogP contribution in [0.3, 0.4) is 0 Å². The molecule has 0 aliphatic carbocycles. The first-order valence-corrected chi connectivity index (χ1v) is 7.45. The molecule has 0 atom stereocenters. The summed E-state index contributed by atoms with van der Waals surface area (Å²) in [4.78, 5) is -0.202. The van der Waals surface area contributed by atoms with Crippen molar-refractivity contribution < 1.29 is 22.3 Å². The Morgan fingerprint density at radius 2 is 1.67 bits per heavy atom. The fraction of sp³-hybridized carbons (Fsp3) is 0.143. The molecule has 1 N–H and O–H groups in total. The number of rotatable bonds is 5. The molecule has 0 unspecified atom stereocenters. The van der Waals surface area contributed by atoms with Gasteiger partial charge in [-0.25, -0.2) is 12.8 Å². The van der Waals surface area contributed by atoms with Crippen LogP contribution in [0.2, 0.25) is 0 Å². The molecule has 0 aromatic heterocycles. The summed E-state index contributed by atoms with van der Waals surface area (Å²) in [5.41, 5.74) is 0.274. The number of methoxy groups -OCH3 is 2. The lowest BCUT2D eigenvalue weighted by molar-refractivity contribution is 0.385. The SMILES string of the molecule is COc1ccc(S(=O)(=O)Nc2ccccc2OC)cc1F. The predicted octanol–water partition coefficient (Wildman–Crippen LogP) is 2.64. The van der Waals surface area contributed by atoms with Crippen molar-refractivity contribution in [2.24, 2.45) is 0 Å². The Hall–Kier alpha value is -2.28. The van der Waals surface area contributed by atoms with Gasteiger partial charge in [-0.3, -0.25) is 4.72 Å². The summed E-state index contributed by atoms with van der Waals surface area (Å²) in [5, 5.41) is 0. The van der Waals surface area contributed by atoms with Crippen LogP contribution in [0, 0.1) is 5.82 Å². The molecular formula is C14H14FNO4S. The number of ether oxygens (including phenoxy) is 2. The number of para-hydroxylation sites is 2. The highest BCUT2D eigenvalue weighted by Gasteiger charge is 2.18. The number of benzene rings is 2. The number of hydrogen-bond acceptors (Lipinski definition) is 4. The van der Waals surface area contributed by atoms with E-state index in [9.17, 15) is 12.8 Å². The van der Waals surface area contributed by atoms with E-state index in [1.807, 2.05) is 0 Å². The second-order valence-corrected chi connectivity index (χ2v) is 5.78. The van der Waals surface area contributed by atoms with Gasteiger partial charge in [0.15, 0.2) is 11.6 Å². The topological polar surface area (TPSA) is 64.6 Å². The van der Waals surface area contributed by atoms with Gasteiger partial charge in [0, 0.05) is 0 Å². The molecule has 0 radical (unpaired) electrons. The first-order chi connectivity index (χ1) is 9.97. The van der Waals surface area contributed by atoms with Gasteiger partial charge in [-0.15, -0.1) is 0 Å². The van der Waals surface area contributed by atoms with E-state index in [0.717, 1.165) is 6.07 Å². The maximum atomic E-state index is 13.6. The van der Waals surface area contributed by atoms with E-state index in [-0.39, 0.29) is 16.3 Å². The molecule has 0 fully saturated rings. The summed E-state index contributed by atoms with van der Waals surface area (Å²) in [7, 11) is -1.18. The molecule has 21 heavy (non-hydrogen) atoms. The first kappa shape index (κ1) is 15.1. The van der Waals surface area contributed by atoms with Crippen LogP contribution in [0.15, 0.2) is 47.4 Å². The number of nitrogens with one attached hydrogen (secondary N) is 1. The summed E-state index contributed by atoms with van der Waals surface area (Å²) in [6.45, 7) is 0. The van der Waals surface area contributed by atoms with Gasteiger partial charge >= 0.3 is 0 Å². The maximum absolute atomic E-state index is 13.6. The van der Waals surface area contributed by atoms with Crippen molar-refractivity contribution in [1.82, 2.24) is 0 Å². The molecule has 0 heterocycles. The zero-order chi connectivity index (χ0) is 15.5. The Morgan fingerprint density at radius 1 is 1.00 bits per heavy atom. The van der Waals surface area contributed by atoms with Gasteiger partial charge in [-0.1, -0.05) is 12.1 Å². The van der Waals surface area contributed by atoms with Crippen molar-refractivity contribution in [3.8, 4) is 11.5 Å². The van der Waals surface area contributed by atoms with Gasteiger partial charge in [-0.2, -0.15) is 0 Å². The van der Waals surface area contributed by atoms with Crippen LogP contribution in [-0.4, -0.2) is 22.6 Å². The predicted molar refractivity (Wildman–Crippen MR) is 76.8 cm³/mol. The van der Waals surface area contributed by atoms with E-state index in [1.165, 1.54) is 26.4 Å². The zero-order valence-corrected chi connectivity index (χ0v) is 12.3. The molecule has 112 valence electrons. The van der Waals surface area contributed by atoms with Gasteiger partial charge in [0.25, 0.3) is 10.0 Å². The molecule has 5 nitrogen and oxygen atoms in total. The van der Waals surface area contributed by atoms with Crippen LogP contribution in [0.4, 0.5) is 10.1 Å². The number of anilines is 1. The van der Waals surface area contributed by atoms with Gasteiger partial charge in [-0.05, 0) is 30.3 Å². The Balaban J connectivity index is 2.36. The highest BCUT2D eigenvalue weighted by Crippen LogP contribution is 2.27. The highest BCUT2D eigenvalue weighted by molar-refractivity contribution is 7.92. The third-order valence-electron chi connectivity index (χ3n) is 2.78. The van der Waals surface area contributed by atoms with E-state index in [2.05, 4.69) is 4.72 Å². The Morgan fingerprint density at radius 3 is 2.29 bits per heavy atom. The van der Waals surface area contributed by atoms with Crippen LogP contribution >= 0.6 is 0 Å². The molecule has 0 saturated carbocycles. The lowest BCUT2D eigenvalue weighted by atomic mass is 10.3. The van der Waals surface area contributed by atoms with Crippen molar-refractivity contribution >= 4 is 15.7 Å². The second kappa shape index (κ2) is 6.01. The molecular weight excluding hydrogens is 297 g/mol. The van der Waals surface area contributed by atoms with E-state index < -0.39 is 15.8 Å². The first-order valence-electron chi connectivity index (χ1n) is 5.97. The van der Waals surface area contributed by atoms with Crippen LogP contribution in [0.5, 0.6) is 11.5 Å². The molecule has 0 aliphatic heterocycles.